The van der Waals surface area contributed by atoms with E-state index in [0.29, 0.717) is 6.04 Å². The van der Waals surface area contributed by atoms with Crippen LogP contribution in [0.3, 0.4) is 0 Å². The number of likely N-dealkylation sites (tertiary alicyclic amines) is 1. The minimum Gasteiger partial charge on any atom is -0.337 e. The third kappa shape index (κ3) is 2.83. The Hall–Kier alpha value is -0.910. The lowest BCUT2D eigenvalue weighted by atomic mass is 10.2. The summed E-state index contributed by atoms with van der Waals surface area (Å²) in [5.74, 6) is 0.206. The van der Waals surface area contributed by atoms with Gasteiger partial charge in [0.25, 0.3) is 5.91 Å². The topological polar surface area (TPSA) is 26.8 Å². The van der Waals surface area contributed by atoms with E-state index < -0.39 is 0 Å². The summed E-state index contributed by atoms with van der Waals surface area (Å²) in [4.78, 5) is 19.2. The van der Waals surface area contributed by atoms with E-state index in [9.17, 15) is 4.79 Å². The molecule has 0 aromatic carbocycles. The van der Waals surface area contributed by atoms with Crippen LogP contribution >= 0.6 is 11.3 Å². The summed E-state index contributed by atoms with van der Waals surface area (Å²) >= 11 is 1.59. The van der Waals surface area contributed by atoms with Gasteiger partial charge in [0.1, 0.15) is 0 Å². The van der Waals surface area contributed by atoms with Gasteiger partial charge in [0.05, 0.1) is 5.56 Å². The molecular weight excluding hydrogens is 258 g/mol. The summed E-state index contributed by atoms with van der Waals surface area (Å²) in [5, 5.41) is 3.92. The molecule has 104 valence electrons. The Bertz CT molecular complexity index is 426. The molecule has 3 heterocycles. The second-order valence-electron chi connectivity index (χ2n) is 5.54. The molecular formula is C14H21N3OS. The van der Waals surface area contributed by atoms with E-state index in [0.717, 1.165) is 51.3 Å². The third-order valence-corrected chi connectivity index (χ3v) is 4.96. The molecule has 1 aromatic heterocycles. The van der Waals surface area contributed by atoms with Crippen molar-refractivity contribution in [2.45, 2.75) is 12.5 Å². The van der Waals surface area contributed by atoms with Crippen molar-refractivity contribution in [1.29, 1.82) is 0 Å². The number of likely N-dealkylation sites (N-methyl/N-ethyl adjacent to an activating group) is 1. The van der Waals surface area contributed by atoms with Crippen LogP contribution in [0.4, 0.5) is 0 Å². The summed E-state index contributed by atoms with van der Waals surface area (Å²) in [6.45, 7) is 6.39. The number of carbonyl (C=O) groups is 1. The molecule has 0 saturated carbocycles. The van der Waals surface area contributed by atoms with E-state index in [-0.39, 0.29) is 5.91 Å². The molecule has 1 aromatic rings. The molecule has 5 heteroatoms. The molecule has 19 heavy (non-hydrogen) atoms. The summed E-state index contributed by atoms with van der Waals surface area (Å²) in [6.07, 6.45) is 1.12. The standard InChI is InChI=1S/C14H21N3OS/c1-15-5-7-16(8-6-15)13-2-4-17(10-13)14(18)12-3-9-19-11-12/h3,9,11,13H,2,4-8,10H2,1H3. The fourth-order valence-corrected chi connectivity index (χ4v) is 3.61. The first-order chi connectivity index (χ1) is 9.24. The van der Waals surface area contributed by atoms with E-state index in [2.05, 4.69) is 16.8 Å². The molecule has 2 fully saturated rings. The van der Waals surface area contributed by atoms with Crippen LogP contribution in [0.5, 0.6) is 0 Å². The van der Waals surface area contributed by atoms with E-state index in [1.807, 2.05) is 21.7 Å². The Morgan fingerprint density at radius 2 is 2.05 bits per heavy atom. The Balaban J connectivity index is 1.57. The zero-order valence-corrected chi connectivity index (χ0v) is 12.2. The highest BCUT2D eigenvalue weighted by atomic mass is 32.1. The van der Waals surface area contributed by atoms with E-state index >= 15 is 0 Å². The fourth-order valence-electron chi connectivity index (χ4n) is 2.98. The van der Waals surface area contributed by atoms with Crippen LogP contribution < -0.4 is 0 Å². The Labute approximate surface area is 118 Å². The smallest absolute Gasteiger partial charge is 0.254 e. The third-order valence-electron chi connectivity index (χ3n) is 4.27. The second-order valence-corrected chi connectivity index (χ2v) is 6.32. The van der Waals surface area contributed by atoms with Crippen molar-refractivity contribution in [3.63, 3.8) is 0 Å². The molecule has 3 rings (SSSR count). The highest BCUT2D eigenvalue weighted by Gasteiger charge is 2.31. The Morgan fingerprint density at radius 3 is 2.74 bits per heavy atom. The molecule has 2 aliphatic heterocycles. The summed E-state index contributed by atoms with van der Waals surface area (Å²) in [5.41, 5.74) is 0.851. The number of carbonyl (C=O) groups excluding carboxylic acids is 1. The Kier molecular flexibility index (Phi) is 3.86. The molecule has 0 aliphatic carbocycles. The maximum absolute atomic E-state index is 12.3. The molecule has 0 spiro atoms. The average molecular weight is 279 g/mol. The minimum atomic E-state index is 0.206. The highest BCUT2D eigenvalue weighted by Crippen LogP contribution is 2.20. The predicted octanol–water partition coefficient (Wildman–Crippen LogP) is 1.21. The molecule has 1 unspecified atom stereocenters. The second kappa shape index (κ2) is 5.61. The van der Waals surface area contributed by atoms with Crippen molar-refractivity contribution in [1.82, 2.24) is 14.7 Å². The van der Waals surface area contributed by atoms with E-state index in [1.165, 1.54) is 0 Å². The van der Waals surface area contributed by atoms with Gasteiger partial charge in [-0.3, -0.25) is 9.69 Å². The van der Waals surface area contributed by atoms with E-state index in [1.54, 1.807) is 11.3 Å². The van der Waals surface area contributed by atoms with Crippen LogP contribution in [-0.4, -0.2) is 73.0 Å². The number of amides is 1. The van der Waals surface area contributed by atoms with Gasteiger partial charge in [-0.25, -0.2) is 0 Å². The van der Waals surface area contributed by atoms with Crippen LogP contribution in [0, 0.1) is 0 Å². The summed E-state index contributed by atoms with van der Waals surface area (Å²) in [7, 11) is 2.18. The first kappa shape index (κ1) is 13.1. The van der Waals surface area contributed by atoms with Gasteiger partial charge in [-0.15, -0.1) is 0 Å². The first-order valence-corrected chi connectivity index (χ1v) is 7.92. The van der Waals surface area contributed by atoms with Crippen molar-refractivity contribution < 1.29 is 4.79 Å². The van der Waals surface area contributed by atoms with Gasteiger partial charge in [-0.2, -0.15) is 11.3 Å². The number of nitrogens with zero attached hydrogens (tertiary/aromatic N) is 3. The maximum atomic E-state index is 12.3. The monoisotopic (exact) mass is 279 g/mol. The fraction of sp³-hybridized carbons (Fsp3) is 0.643. The van der Waals surface area contributed by atoms with Gasteiger partial charge in [0.15, 0.2) is 0 Å². The molecule has 4 nitrogen and oxygen atoms in total. The van der Waals surface area contributed by atoms with Crippen molar-refractivity contribution in [3.05, 3.63) is 22.4 Å². The molecule has 2 aliphatic rings. The minimum absolute atomic E-state index is 0.206. The number of hydrogen-bond donors (Lipinski definition) is 0. The normalized spacial score (nSPS) is 25.9. The van der Waals surface area contributed by atoms with Gasteiger partial charge >= 0.3 is 0 Å². The average Bonchev–Trinajstić information content (AvgIpc) is 3.10. The van der Waals surface area contributed by atoms with Gasteiger partial charge in [-0.1, -0.05) is 0 Å². The van der Waals surface area contributed by atoms with Crippen LogP contribution in [0.15, 0.2) is 16.8 Å². The largest absolute Gasteiger partial charge is 0.337 e. The molecule has 2 saturated heterocycles. The van der Waals surface area contributed by atoms with Crippen LogP contribution in [0.25, 0.3) is 0 Å². The van der Waals surface area contributed by atoms with Crippen LogP contribution in [-0.2, 0) is 0 Å². The number of hydrogen-bond acceptors (Lipinski definition) is 4. The Morgan fingerprint density at radius 1 is 1.26 bits per heavy atom. The maximum Gasteiger partial charge on any atom is 0.254 e. The highest BCUT2D eigenvalue weighted by molar-refractivity contribution is 7.08. The van der Waals surface area contributed by atoms with Crippen molar-refractivity contribution in [3.8, 4) is 0 Å². The summed E-state index contributed by atoms with van der Waals surface area (Å²) < 4.78 is 0. The van der Waals surface area contributed by atoms with Crippen LogP contribution in [0.2, 0.25) is 0 Å². The van der Waals surface area contributed by atoms with Crippen molar-refractivity contribution in [2.24, 2.45) is 0 Å². The van der Waals surface area contributed by atoms with Gasteiger partial charge < -0.3 is 9.80 Å². The number of rotatable bonds is 2. The van der Waals surface area contributed by atoms with Crippen LogP contribution in [0.1, 0.15) is 16.8 Å². The molecule has 0 N–H and O–H groups in total. The lowest BCUT2D eigenvalue weighted by molar-refractivity contribution is 0.0756. The predicted molar refractivity (Wildman–Crippen MR) is 77.7 cm³/mol. The van der Waals surface area contributed by atoms with E-state index in [4.69, 9.17) is 0 Å². The molecule has 1 amide bonds. The van der Waals surface area contributed by atoms with Gasteiger partial charge in [0.2, 0.25) is 0 Å². The van der Waals surface area contributed by atoms with Crippen molar-refractivity contribution in [2.75, 3.05) is 46.3 Å². The molecule has 0 bridgehead atoms. The van der Waals surface area contributed by atoms with Gasteiger partial charge in [-0.05, 0) is 24.9 Å². The number of thiophene rings is 1. The zero-order valence-electron chi connectivity index (χ0n) is 11.4. The SMILES string of the molecule is CN1CCN(C2CCN(C(=O)c3ccsc3)C2)CC1. The van der Waals surface area contributed by atoms with Crippen molar-refractivity contribution >= 4 is 17.2 Å². The lowest BCUT2D eigenvalue weighted by Crippen LogP contribution is -2.49. The number of piperazine rings is 1. The summed E-state index contributed by atoms with van der Waals surface area (Å²) in [6, 6.07) is 2.49. The quantitative estimate of drug-likeness (QED) is 0.814. The molecule has 1 atom stereocenters. The van der Waals surface area contributed by atoms with Gasteiger partial charge in [0, 0.05) is 50.7 Å². The zero-order chi connectivity index (χ0) is 13.2. The first-order valence-electron chi connectivity index (χ1n) is 6.98. The lowest BCUT2D eigenvalue weighted by Gasteiger charge is -2.36. The molecule has 0 radical (unpaired) electrons.